The molecule has 1 amide bonds. The highest BCUT2D eigenvalue weighted by atomic mass is 32.1. The first-order valence-electron chi connectivity index (χ1n) is 10.6. The average Bonchev–Trinajstić information content (AvgIpc) is 3.15. The molecule has 1 aromatic heterocycles. The van der Waals surface area contributed by atoms with Gasteiger partial charge in [0.05, 0.1) is 10.2 Å². The molecular formula is C23H29FN4OS+2. The number of nitrogens with zero attached hydrogens (tertiary/aromatic N) is 2. The maximum absolute atomic E-state index is 13.4. The zero-order valence-electron chi connectivity index (χ0n) is 17.4. The predicted octanol–water partition coefficient (Wildman–Crippen LogP) is 0.768. The molecule has 0 unspecified atom stereocenters. The van der Waals surface area contributed by atoms with Crippen molar-refractivity contribution in [2.75, 3.05) is 39.3 Å². The zero-order valence-corrected chi connectivity index (χ0v) is 18.2. The molecule has 30 heavy (non-hydrogen) atoms. The predicted molar refractivity (Wildman–Crippen MR) is 117 cm³/mol. The van der Waals surface area contributed by atoms with Crippen LogP contribution >= 0.6 is 11.3 Å². The van der Waals surface area contributed by atoms with Gasteiger partial charge < -0.3 is 14.7 Å². The lowest BCUT2D eigenvalue weighted by Gasteiger charge is -2.30. The second kappa shape index (κ2) is 9.64. The Morgan fingerprint density at radius 3 is 2.60 bits per heavy atom. The normalized spacial score (nSPS) is 19.1. The number of para-hydroxylation sites is 1. The molecule has 0 atom stereocenters. The second-order valence-corrected chi connectivity index (χ2v) is 9.08. The number of aromatic nitrogens is 1. The summed E-state index contributed by atoms with van der Waals surface area (Å²) in [4.78, 5) is 22.3. The van der Waals surface area contributed by atoms with Gasteiger partial charge in [-0.15, -0.1) is 11.3 Å². The van der Waals surface area contributed by atoms with Gasteiger partial charge >= 0.3 is 0 Å². The third-order valence-electron chi connectivity index (χ3n) is 5.80. The van der Waals surface area contributed by atoms with Crippen molar-refractivity contribution in [2.45, 2.75) is 20.0 Å². The topological polar surface area (TPSA) is 42.1 Å². The number of carbonyl (C=O) groups is 1. The van der Waals surface area contributed by atoms with E-state index in [2.05, 4.69) is 18.2 Å². The molecule has 0 radical (unpaired) electrons. The monoisotopic (exact) mass is 428 g/mol. The van der Waals surface area contributed by atoms with E-state index in [0.717, 1.165) is 43.8 Å². The Morgan fingerprint density at radius 2 is 1.87 bits per heavy atom. The molecule has 0 aliphatic carbocycles. The summed E-state index contributed by atoms with van der Waals surface area (Å²) in [5, 5.41) is 1.19. The van der Waals surface area contributed by atoms with Gasteiger partial charge in [0.1, 0.15) is 43.5 Å². The summed E-state index contributed by atoms with van der Waals surface area (Å²) >= 11 is 1.78. The minimum Gasteiger partial charge on any atom is -0.334 e. The van der Waals surface area contributed by atoms with Crippen LogP contribution in [0.2, 0.25) is 0 Å². The Balaban J connectivity index is 1.26. The maximum atomic E-state index is 13.4. The molecule has 2 aromatic carbocycles. The van der Waals surface area contributed by atoms with Crippen molar-refractivity contribution in [3.8, 4) is 0 Å². The fraction of sp³-hybridized carbons (Fsp3) is 0.391. The second-order valence-electron chi connectivity index (χ2n) is 7.97. The number of hydrogen-bond acceptors (Lipinski definition) is 3. The van der Waals surface area contributed by atoms with Crippen LogP contribution in [-0.2, 0) is 17.9 Å². The van der Waals surface area contributed by atoms with Crippen molar-refractivity contribution in [1.29, 1.82) is 0 Å². The van der Waals surface area contributed by atoms with E-state index in [1.54, 1.807) is 17.4 Å². The van der Waals surface area contributed by atoms with Gasteiger partial charge in [-0.05, 0) is 36.8 Å². The molecule has 4 rings (SSSR count). The van der Waals surface area contributed by atoms with Crippen LogP contribution in [0.25, 0.3) is 10.2 Å². The summed E-state index contributed by atoms with van der Waals surface area (Å²) < 4.78 is 14.7. The molecule has 2 heterocycles. The molecule has 1 saturated heterocycles. The van der Waals surface area contributed by atoms with Crippen molar-refractivity contribution in [3.05, 3.63) is 64.9 Å². The molecule has 5 nitrogen and oxygen atoms in total. The number of nitrogens with one attached hydrogen (secondary N) is 2. The summed E-state index contributed by atoms with van der Waals surface area (Å²) in [7, 11) is 0. The molecule has 7 heteroatoms. The Kier molecular flexibility index (Phi) is 6.72. The molecule has 0 bridgehead atoms. The van der Waals surface area contributed by atoms with E-state index in [4.69, 9.17) is 4.98 Å². The van der Waals surface area contributed by atoms with E-state index in [1.165, 1.54) is 31.6 Å². The smallest absolute Gasteiger partial charge is 0.278 e. The van der Waals surface area contributed by atoms with E-state index in [9.17, 15) is 9.18 Å². The minimum atomic E-state index is -0.256. The van der Waals surface area contributed by atoms with Crippen molar-refractivity contribution >= 4 is 27.5 Å². The average molecular weight is 429 g/mol. The fourth-order valence-corrected chi connectivity index (χ4v) is 5.12. The van der Waals surface area contributed by atoms with E-state index < -0.39 is 0 Å². The number of piperazine rings is 1. The summed E-state index contributed by atoms with van der Waals surface area (Å²) in [6, 6.07) is 14.8. The SMILES string of the molecule is CCN(Cc1cccc(F)c1)C(=O)C[NH+]1CC[NH+](Cc2nc3ccccc3s2)CC1. The zero-order chi connectivity index (χ0) is 20.9. The van der Waals surface area contributed by atoms with E-state index in [-0.39, 0.29) is 11.7 Å². The van der Waals surface area contributed by atoms with Crippen LogP contribution in [0.3, 0.4) is 0 Å². The first-order valence-corrected chi connectivity index (χ1v) is 11.5. The molecule has 0 spiro atoms. The molecule has 3 aromatic rings. The van der Waals surface area contributed by atoms with Gasteiger partial charge in [-0.3, -0.25) is 4.79 Å². The number of rotatable bonds is 7. The van der Waals surface area contributed by atoms with Gasteiger partial charge in [0.15, 0.2) is 6.54 Å². The van der Waals surface area contributed by atoms with Crippen LogP contribution in [0.15, 0.2) is 48.5 Å². The molecule has 2 N–H and O–H groups in total. The van der Waals surface area contributed by atoms with Crippen LogP contribution in [0.4, 0.5) is 4.39 Å². The van der Waals surface area contributed by atoms with Crippen molar-refractivity contribution in [1.82, 2.24) is 9.88 Å². The van der Waals surface area contributed by atoms with Gasteiger partial charge in [-0.2, -0.15) is 0 Å². The third kappa shape index (κ3) is 5.22. The van der Waals surface area contributed by atoms with Crippen LogP contribution in [0.5, 0.6) is 0 Å². The lowest BCUT2D eigenvalue weighted by atomic mass is 10.2. The third-order valence-corrected chi connectivity index (χ3v) is 6.84. The molecule has 158 valence electrons. The summed E-state index contributed by atoms with van der Waals surface area (Å²) in [5.74, 6) is -0.111. The van der Waals surface area contributed by atoms with Crippen LogP contribution in [0.1, 0.15) is 17.5 Å². The minimum absolute atomic E-state index is 0.145. The number of fused-ring (bicyclic) bond motifs is 1. The van der Waals surface area contributed by atoms with Crippen LogP contribution < -0.4 is 9.80 Å². The Morgan fingerprint density at radius 1 is 1.10 bits per heavy atom. The van der Waals surface area contributed by atoms with E-state index in [0.29, 0.717) is 19.6 Å². The molecule has 1 aliphatic rings. The Bertz CT molecular complexity index is 967. The number of likely N-dealkylation sites (N-methyl/N-ethyl adjacent to an activating group) is 1. The first kappa shape index (κ1) is 20.9. The quantitative estimate of drug-likeness (QED) is 0.584. The molecule has 1 aliphatic heterocycles. The number of halogens is 1. The number of carbonyl (C=O) groups excluding carboxylic acids is 1. The number of hydrogen-bond donors (Lipinski definition) is 2. The van der Waals surface area contributed by atoms with Gasteiger partial charge in [0.25, 0.3) is 5.91 Å². The lowest BCUT2D eigenvalue weighted by Crippen LogP contribution is -3.28. The largest absolute Gasteiger partial charge is 0.334 e. The Hall–Kier alpha value is -2.35. The van der Waals surface area contributed by atoms with E-state index in [1.807, 2.05) is 24.0 Å². The number of benzene rings is 2. The van der Waals surface area contributed by atoms with Crippen molar-refractivity contribution < 1.29 is 19.0 Å². The number of thiazole rings is 1. The highest BCUT2D eigenvalue weighted by molar-refractivity contribution is 7.18. The molecule has 1 fully saturated rings. The van der Waals surface area contributed by atoms with Gasteiger partial charge in [0.2, 0.25) is 0 Å². The Labute approximate surface area is 180 Å². The summed E-state index contributed by atoms with van der Waals surface area (Å²) in [6.07, 6.45) is 0. The number of quaternary nitrogens is 2. The van der Waals surface area contributed by atoms with Crippen LogP contribution in [-0.4, -0.2) is 55.1 Å². The molecule has 0 saturated carbocycles. The highest BCUT2D eigenvalue weighted by Crippen LogP contribution is 2.20. The van der Waals surface area contributed by atoms with Gasteiger partial charge in [-0.25, -0.2) is 9.37 Å². The van der Waals surface area contributed by atoms with Crippen molar-refractivity contribution in [2.24, 2.45) is 0 Å². The van der Waals surface area contributed by atoms with Gasteiger partial charge in [-0.1, -0.05) is 24.3 Å². The lowest BCUT2D eigenvalue weighted by molar-refractivity contribution is -1.02. The van der Waals surface area contributed by atoms with Gasteiger partial charge in [0, 0.05) is 13.1 Å². The summed E-state index contributed by atoms with van der Waals surface area (Å²) in [6.45, 7) is 8.63. The van der Waals surface area contributed by atoms with Crippen molar-refractivity contribution in [3.63, 3.8) is 0 Å². The van der Waals surface area contributed by atoms with Crippen LogP contribution in [0, 0.1) is 5.82 Å². The molecular weight excluding hydrogens is 399 g/mol. The standard InChI is InChI=1S/C23H27FN4OS/c1-2-28(15-18-6-5-7-19(24)14-18)23(29)17-27-12-10-26(11-13-27)16-22-25-20-8-3-4-9-21(20)30-22/h3-9,14H,2,10-13,15-17H2,1H3/p+2. The maximum Gasteiger partial charge on any atom is 0.278 e. The van der Waals surface area contributed by atoms with E-state index >= 15 is 0 Å². The summed E-state index contributed by atoms with van der Waals surface area (Å²) in [5.41, 5.74) is 1.93. The fourth-order valence-electron chi connectivity index (χ4n) is 4.08. The first-order chi connectivity index (χ1) is 14.6. The highest BCUT2D eigenvalue weighted by Gasteiger charge is 2.27. The number of amides is 1.